The van der Waals surface area contributed by atoms with Gasteiger partial charge in [0.2, 0.25) is 0 Å². The van der Waals surface area contributed by atoms with Crippen molar-refractivity contribution >= 4 is 0 Å². The number of benzene rings is 1. The molecule has 1 atom stereocenters. The summed E-state index contributed by atoms with van der Waals surface area (Å²) in [6, 6.07) is 4.30. The molecule has 0 aliphatic rings. The number of nitrogens with one attached hydrogen (secondary N) is 1. The van der Waals surface area contributed by atoms with Gasteiger partial charge in [-0.2, -0.15) is 0 Å². The van der Waals surface area contributed by atoms with Gasteiger partial charge in [0.15, 0.2) is 11.6 Å². The monoisotopic (exact) mass is 239 g/mol. The van der Waals surface area contributed by atoms with Crippen molar-refractivity contribution in [2.75, 3.05) is 6.54 Å². The first kappa shape index (κ1) is 13.8. The molecule has 17 heavy (non-hydrogen) atoms. The minimum atomic E-state index is -0.796. The summed E-state index contributed by atoms with van der Waals surface area (Å²) in [5, 5.41) is 3.37. The average Bonchev–Trinajstić information content (AvgIpc) is 2.31. The maximum absolute atomic E-state index is 13.1. The minimum absolute atomic E-state index is 0.234. The number of rotatable bonds is 7. The molecule has 0 saturated carbocycles. The van der Waals surface area contributed by atoms with Crippen LogP contribution in [0.15, 0.2) is 30.9 Å². The van der Waals surface area contributed by atoms with Crippen LogP contribution in [-0.2, 0) is 6.42 Å². The van der Waals surface area contributed by atoms with Gasteiger partial charge in [-0.3, -0.25) is 0 Å². The van der Waals surface area contributed by atoms with Gasteiger partial charge >= 0.3 is 0 Å². The fourth-order valence-corrected chi connectivity index (χ4v) is 1.74. The van der Waals surface area contributed by atoms with E-state index in [4.69, 9.17) is 0 Å². The summed E-state index contributed by atoms with van der Waals surface area (Å²) < 4.78 is 25.8. The zero-order valence-corrected chi connectivity index (χ0v) is 10.2. The normalized spacial score (nSPS) is 12.4. The van der Waals surface area contributed by atoms with Gasteiger partial charge < -0.3 is 5.32 Å². The van der Waals surface area contributed by atoms with Crippen molar-refractivity contribution in [1.82, 2.24) is 5.32 Å². The standard InChI is InChI=1S/C14H19F2N/c1-3-5-12(17-8-4-2)9-11-6-7-13(15)14(16)10-11/h3,6-7,10,12,17H,1,4-5,8-9H2,2H3. The van der Waals surface area contributed by atoms with Gasteiger partial charge in [0.05, 0.1) is 0 Å². The van der Waals surface area contributed by atoms with E-state index in [1.54, 1.807) is 6.07 Å². The Morgan fingerprint density at radius 2 is 2.12 bits per heavy atom. The molecule has 0 saturated heterocycles. The van der Waals surface area contributed by atoms with Crippen LogP contribution in [0.25, 0.3) is 0 Å². The third-order valence-electron chi connectivity index (χ3n) is 2.60. The quantitative estimate of drug-likeness (QED) is 0.719. The summed E-state index contributed by atoms with van der Waals surface area (Å²) in [4.78, 5) is 0. The van der Waals surface area contributed by atoms with Crippen LogP contribution < -0.4 is 5.32 Å². The molecule has 1 rings (SSSR count). The van der Waals surface area contributed by atoms with Crippen LogP contribution in [0, 0.1) is 11.6 Å². The Balaban J connectivity index is 2.64. The molecule has 1 N–H and O–H groups in total. The fraction of sp³-hybridized carbons (Fsp3) is 0.429. The van der Waals surface area contributed by atoms with Gasteiger partial charge in [-0.15, -0.1) is 6.58 Å². The first-order valence-electron chi connectivity index (χ1n) is 5.95. The van der Waals surface area contributed by atoms with E-state index < -0.39 is 11.6 Å². The van der Waals surface area contributed by atoms with Gasteiger partial charge in [-0.1, -0.05) is 19.1 Å². The Morgan fingerprint density at radius 3 is 2.71 bits per heavy atom. The van der Waals surface area contributed by atoms with Crippen molar-refractivity contribution < 1.29 is 8.78 Å². The lowest BCUT2D eigenvalue weighted by atomic mass is 10.0. The molecule has 1 unspecified atom stereocenters. The summed E-state index contributed by atoms with van der Waals surface area (Å²) in [6.45, 7) is 6.72. The van der Waals surface area contributed by atoms with Crippen LogP contribution in [-0.4, -0.2) is 12.6 Å². The molecule has 0 heterocycles. The largest absolute Gasteiger partial charge is 0.313 e. The molecule has 0 fully saturated rings. The molecular formula is C14H19F2N. The summed E-state index contributed by atoms with van der Waals surface area (Å²) in [5.41, 5.74) is 0.805. The highest BCUT2D eigenvalue weighted by atomic mass is 19.2. The van der Waals surface area contributed by atoms with E-state index in [0.717, 1.165) is 24.9 Å². The lowest BCUT2D eigenvalue weighted by Crippen LogP contribution is -2.31. The molecule has 0 bridgehead atoms. The van der Waals surface area contributed by atoms with Crippen LogP contribution in [0.2, 0.25) is 0 Å². The second kappa shape index (κ2) is 7.17. The minimum Gasteiger partial charge on any atom is -0.313 e. The molecule has 0 amide bonds. The predicted octanol–water partition coefficient (Wildman–Crippen LogP) is 3.45. The third kappa shape index (κ3) is 4.65. The van der Waals surface area contributed by atoms with Crippen LogP contribution in [0.4, 0.5) is 8.78 Å². The number of hydrogen-bond acceptors (Lipinski definition) is 1. The van der Waals surface area contributed by atoms with Gasteiger partial charge in [0, 0.05) is 6.04 Å². The highest BCUT2D eigenvalue weighted by Crippen LogP contribution is 2.12. The Hall–Kier alpha value is -1.22. The molecule has 0 aliphatic heterocycles. The lowest BCUT2D eigenvalue weighted by Gasteiger charge is -2.16. The highest BCUT2D eigenvalue weighted by Gasteiger charge is 2.09. The molecule has 0 aromatic heterocycles. The average molecular weight is 239 g/mol. The number of hydrogen-bond donors (Lipinski definition) is 1. The zero-order valence-electron chi connectivity index (χ0n) is 10.2. The fourth-order valence-electron chi connectivity index (χ4n) is 1.74. The van der Waals surface area contributed by atoms with Crippen molar-refractivity contribution in [3.8, 4) is 0 Å². The van der Waals surface area contributed by atoms with Crippen molar-refractivity contribution in [2.45, 2.75) is 32.2 Å². The van der Waals surface area contributed by atoms with E-state index in [1.165, 1.54) is 12.1 Å². The SMILES string of the molecule is C=CCC(Cc1ccc(F)c(F)c1)NCCC. The Kier molecular flexibility index (Phi) is 5.84. The molecule has 0 aliphatic carbocycles. The van der Waals surface area contributed by atoms with Crippen molar-refractivity contribution in [2.24, 2.45) is 0 Å². The lowest BCUT2D eigenvalue weighted by molar-refractivity contribution is 0.495. The smallest absolute Gasteiger partial charge is 0.159 e. The molecular weight excluding hydrogens is 220 g/mol. The molecule has 0 radical (unpaired) electrons. The molecule has 1 nitrogen and oxygen atoms in total. The summed E-state index contributed by atoms with van der Waals surface area (Å²) >= 11 is 0. The third-order valence-corrected chi connectivity index (χ3v) is 2.60. The van der Waals surface area contributed by atoms with Crippen molar-refractivity contribution in [1.29, 1.82) is 0 Å². The van der Waals surface area contributed by atoms with Gasteiger partial charge in [0.25, 0.3) is 0 Å². The van der Waals surface area contributed by atoms with E-state index >= 15 is 0 Å². The molecule has 1 aromatic carbocycles. The zero-order chi connectivity index (χ0) is 12.7. The first-order chi connectivity index (χ1) is 8.17. The molecule has 94 valence electrons. The molecule has 0 spiro atoms. The predicted molar refractivity (Wildman–Crippen MR) is 67.0 cm³/mol. The van der Waals surface area contributed by atoms with Crippen LogP contribution in [0.5, 0.6) is 0 Å². The number of halogens is 2. The van der Waals surface area contributed by atoms with E-state index in [-0.39, 0.29) is 6.04 Å². The van der Waals surface area contributed by atoms with Crippen LogP contribution in [0.3, 0.4) is 0 Å². The topological polar surface area (TPSA) is 12.0 Å². The van der Waals surface area contributed by atoms with Crippen molar-refractivity contribution in [3.05, 3.63) is 48.1 Å². The second-order valence-electron chi connectivity index (χ2n) is 4.13. The van der Waals surface area contributed by atoms with E-state index in [2.05, 4.69) is 18.8 Å². The highest BCUT2D eigenvalue weighted by molar-refractivity contribution is 5.19. The van der Waals surface area contributed by atoms with Gasteiger partial charge in [0.1, 0.15) is 0 Å². The Morgan fingerprint density at radius 1 is 1.35 bits per heavy atom. The van der Waals surface area contributed by atoms with E-state index in [9.17, 15) is 8.78 Å². The Labute approximate surface area is 102 Å². The van der Waals surface area contributed by atoms with Crippen LogP contribution >= 0.6 is 0 Å². The molecule has 1 aromatic rings. The maximum Gasteiger partial charge on any atom is 0.159 e. The Bertz CT molecular complexity index is 363. The van der Waals surface area contributed by atoms with E-state index in [0.29, 0.717) is 6.42 Å². The summed E-state index contributed by atoms with van der Waals surface area (Å²) in [6.07, 6.45) is 4.39. The second-order valence-corrected chi connectivity index (χ2v) is 4.13. The van der Waals surface area contributed by atoms with E-state index in [1.807, 2.05) is 6.08 Å². The summed E-state index contributed by atoms with van der Waals surface area (Å²) in [5.74, 6) is -1.58. The molecule has 3 heteroatoms. The van der Waals surface area contributed by atoms with Crippen molar-refractivity contribution in [3.63, 3.8) is 0 Å². The van der Waals surface area contributed by atoms with Gasteiger partial charge in [-0.05, 0) is 43.5 Å². The first-order valence-corrected chi connectivity index (χ1v) is 5.95. The van der Waals surface area contributed by atoms with Gasteiger partial charge in [-0.25, -0.2) is 8.78 Å². The van der Waals surface area contributed by atoms with Crippen LogP contribution in [0.1, 0.15) is 25.3 Å². The summed E-state index contributed by atoms with van der Waals surface area (Å²) in [7, 11) is 0. The maximum atomic E-state index is 13.1.